The van der Waals surface area contributed by atoms with E-state index in [1.54, 1.807) is 23.1 Å². The van der Waals surface area contributed by atoms with Gasteiger partial charge in [0, 0.05) is 33.1 Å². The van der Waals surface area contributed by atoms with Crippen LogP contribution < -0.4 is 5.32 Å². The number of nitrogens with zero attached hydrogens (tertiary/aromatic N) is 2. The molecule has 2 amide bonds. The first-order valence-corrected chi connectivity index (χ1v) is 9.20. The number of para-hydroxylation sites is 1. The Bertz CT molecular complexity index is 743. The molecule has 24 heavy (non-hydrogen) atoms. The maximum absolute atomic E-state index is 12.5. The smallest absolute Gasteiger partial charge is 0.244 e. The van der Waals surface area contributed by atoms with Gasteiger partial charge in [-0.1, -0.05) is 12.1 Å². The number of hydrogen-bond donors (Lipinski definition) is 1. The van der Waals surface area contributed by atoms with E-state index >= 15 is 0 Å². The Balaban J connectivity index is 2.21. The molecule has 0 radical (unpaired) electrons. The number of rotatable bonds is 5. The Labute approximate surface area is 142 Å². The van der Waals surface area contributed by atoms with Crippen molar-refractivity contribution in [2.24, 2.45) is 5.92 Å². The molecule has 1 fully saturated rings. The number of benzene rings is 1. The summed E-state index contributed by atoms with van der Waals surface area (Å²) in [5.74, 6) is -0.873. The van der Waals surface area contributed by atoms with Crippen LogP contribution in [-0.2, 0) is 19.6 Å². The first kappa shape index (κ1) is 18.4. The minimum absolute atomic E-state index is 0.0355. The first-order chi connectivity index (χ1) is 11.1. The molecule has 132 valence electrons. The van der Waals surface area contributed by atoms with Gasteiger partial charge in [-0.25, -0.2) is 12.7 Å². The third-order valence-electron chi connectivity index (χ3n) is 4.06. The van der Waals surface area contributed by atoms with Crippen molar-refractivity contribution in [2.45, 2.75) is 31.2 Å². The van der Waals surface area contributed by atoms with Gasteiger partial charge in [0.05, 0.1) is 11.6 Å². The maximum atomic E-state index is 12.5. The number of nitrogens with one attached hydrogen (secondary N) is 1. The highest BCUT2D eigenvalue weighted by atomic mass is 32.2. The van der Waals surface area contributed by atoms with Crippen LogP contribution in [0.2, 0.25) is 0 Å². The highest BCUT2D eigenvalue weighted by Crippen LogP contribution is 2.26. The SMILES string of the molecule is CC(C)N1CC(C(=O)Nc2ccccc2S(=O)(=O)N(C)C)CC1=O. The predicted molar refractivity (Wildman–Crippen MR) is 90.9 cm³/mol. The summed E-state index contributed by atoms with van der Waals surface area (Å²) in [7, 11) is -0.801. The second-order valence-corrected chi connectivity index (χ2v) is 8.43. The summed E-state index contributed by atoms with van der Waals surface area (Å²) in [6, 6.07) is 6.30. The van der Waals surface area contributed by atoms with E-state index in [9.17, 15) is 18.0 Å². The Kier molecular flexibility index (Phi) is 5.29. The third-order valence-corrected chi connectivity index (χ3v) is 5.93. The van der Waals surface area contributed by atoms with Crippen LogP contribution in [0.4, 0.5) is 5.69 Å². The van der Waals surface area contributed by atoms with E-state index in [-0.39, 0.29) is 34.9 Å². The molecule has 1 saturated heterocycles. The van der Waals surface area contributed by atoms with E-state index < -0.39 is 15.9 Å². The predicted octanol–water partition coefficient (Wildman–Crippen LogP) is 1.13. The molecule has 0 bridgehead atoms. The molecule has 1 unspecified atom stereocenters. The van der Waals surface area contributed by atoms with Crippen molar-refractivity contribution < 1.29 is 18.0 Å². The summed E-state index contributed by atoms with van der Waals surface area (Å²) < 4.78 is 25.8. The van der Waals surface area contributed by atoms with Gasteiger partial charge in [0.2, 0.25) is 21.8 Å². The second-order valence-electron chi connectivity index (χ2n) is 6.31. The van der Waals surface area contributed by atoms with Gasteiger partial charge >= 0.3 is 0 Å². The molecular weight excluding hydrogens is 330 g/mol. The topological polar surface area (TPSA) is 86.8 Å². The molecule has 0 saturated carbocycles. The van der Waals surface area contributed by atoms with Gasteiger partial charge in [0.1, 0.15) is 4.90 Å². The van der Waals surface area contributed by atoms with Crippen LogP contribution in [-0.4, -0.2) is 56.1 Å². The van der Waals surface area contributed by atoms with Crippen LogP contribution in [0, 0.1) is 5.92 Å². The van der Waals surface area contributed by atoms with Gasteiger partial charge in [-0.2, -0.15) is 0 Å². The molecule has 8 heteroatoms. The van der Waals surface area contributed by atoms with Crippen LogP contribution in [0.25, 0.3) is 0 Å². The largest absolute Gasteiger partial charge is 0.339 e. The summed E-state index contributed by atoms with van der Waals surface area (Å²) in [4.78, 5) is 26.1. The van der Waals surface area contributed by atoms with Gasteiger partial charge < -0.3 is 10.2 Å². The number of likely N-dealkylation sites (tertiary alicyclic amines) is 1. The van der Waals surface area contributed by atoms with Crippen molar-refractivity contribution >= 4 is 27.5 Å². The molecule has 2 rings (SSSR count). The fourth-order valence-electron chi connectivity index (χ4n) is 2.63. The Hall–Kier alpha value is -1.93. The van der Waals surface area contributed by atoms with Gasteiger partial charge in [-0.3, -0.25) is 9.59 Å². The molecule has 1 atom stereocenters. The highest BCUT2D eigenvalue weighted by molar-refractivity contribution is 7.89. The Morgan fingerprint density at radius 1 is 1.29 bits per heavy atom. The monoisotopic (exact) mass is 353 g/mol. The molecule has 1 aliphatic heterocycles. The third kappa shape index (κ3) is 3.59. The zero-order chi connectivity index (χ0) is 18.1. The summed E-state index contributed by atoms with van der Waals surface area (Å²) in [6.07, 6.45) is 0.145. The number of amides is 2. The average Bonchev–Trinajstić information content (AvgIpc) is 2.89. The van der Waals surface area contributed by atoms with Crippen LogP contribution in [0.1, 0.15) is 20.3 Å². The molecule has 1 heterocycles. The minimum Gasteiger partial charge on any atom is -0.339 e. The molecule has 0 aliphatic carbocycles. The number of anilines is 1. The number of hydrogen-bond acceptors (Lipinski definition) is 4. The molecule has 0 aromatic heterocycles. The van der Waals surface area contributed by atoms with E-state index in [0.717, 1.165) is 4.31 Å². The van der Waals surface area contributed by atoms with Crippen LogP contribution in [0.15, 0.2) is 29.2 Å². The zero-order valence-corrected chi connectivity index (χ0v) is 15.1. The first-order valence-electron chi connectivity index (χ1n) is 7.76. The van der Waals surface area contributed by atoms with Crippen LogP contribution in [0.3, 0.4) is 0 Å². The summed E-state index contributed by atoms with van der Waals surface area (Å²) in [5.41, 5.74) is 0.228. The van der Waals surface area contributed by atoms with Crippen molar-refractivity contribution in [3.8, 4) is 0 Å². The van der Waals surface area contributed by atoms with Crippen molar-refractivity contribution in [3.05, 3.63) is 24.3 Å². The fraction of sp³-hybridized carbons (Fsp3) is 0.500. The molecule has 1 N–H and O–H groups in total. The molecular formula is C16H23N3O4S. The molecule has 1 aliphatic rings. The fourth-order valence-corrected chi connectivity index (χ4v) is 3.67. The minimum atomic E-state index is -3.67. The van der Waals surface area contributed by atoms with Crippen molar-refractivity contribution in [1.29, 1.82) is 0 Å². The summed E-state index contributed by atoms with van der Waals surface area (Å²) >= 11 is 0. The quantitative estimate of drug-likeness (QED) is 0.860. The Morgan fingerprint density at radius 2 is 1.92 bits per heavy atom. The lowest BCUT2D eigenvalue weighted by atomic mass is 10.1. The maximum Gasteiger partial charge on any atom is 0.244 e. The lowest BCUT2D eigenvalue weighted by Gasteiger charge is -2.21. The van der Waals surface area contributed by atoms with E-state index in [2.05, 4.69) is 5.32 Å². The van der Waals surface area contributed by atoms with Crippen molar-refractivity contribution in [1.82, 2.24) is 9.21 Å². The summed E-state index contributed by atoms with van der Waals surface area (Å²) in [5, 5.41) is 2.67. The number of carbonyl (C=O) groups is 2. The highest BCUT2D eigenvalue weighted by Gasteiger charge is 2.36. The second kappa shape index (κ2) is 6.90. The molecule has 1 aromatic rings. The van der Waals surface area contributed by atoms with E-state index in [1.165, 1.54) is 20.2 Å². The van der Waals surface area contributed by atoms with Crippen molar-refractivity contribution in [2.75, 3.05) is 26.0 Å². The molecule has 1 aromatic carbocycles. The number of carbonyl (C=O) groups excluding carboxylic acids is 2. The lowest BCUT2D eigenvalue weighted by molar-refractivity contribution is -0.129. The van der Waals surface area contributed by atoms with Crippen LogP contribution >= 0.6 is 0 Å². The average molecular weight is 353 g/mol. The standard InChI is InChI=1S/C16H23N3O4S/c1-11(2)19-10-12(9-15(19)20)16(21)17-13-7-5-6-8-14(13)24(22,23)18(3)4/h5-8,11-12H,9-10H2,1-4H3,(H,17,21). The zero-order valence-electron chi connectivity index (χ0n) is 14.3. The number of sulfonamides is 1. The van der Waals surface area contributed by atoms with Gasteiger partial charge in [-0.15, -0.1) is 0 Å². The van der Waals surface area contributed by atoms with E-state index in [1.807, 2.05) is 13.8 Å². The lowest BCUT2D eigenvalue weighted by Crippen LogP contribution is -2.33. The van der Waals surface area contributed by atoms with E-state index in [4.69, 9.17) is 0 Å². The molecule has 7 nitrogen and oxygen atoms in total. The van der Waals surface area contributed by atoms with Crippen molar-refractivity contribution in [3.63, 3.8) is 0 Å². The van der Waals surface area contributed by atoms with Gasteiger partial charge in [-0.05, 0) is 26.0 Å². The molecule has 0 spiro atoms. The Morgan fingerprint density at radius 3 is 2.46 bits per heavy atom. The van der Waals surface area contributed by atoms with Gasteiger partial charge in [0.15, 0.2) is 0 Å². The van der Waals surface area contributed by atoms with Gasteiger partial charge in [0.25, 0.3) is 0 Å². The van der Waals surface area contributed by atoms with Crippen LogP contribution in [0.5, 0.6) is 0 Å². The normalized spacial score (nSPS) is 18.5. The summed E-state index contributed by atoms with van der Waals surface area (Å²) in [6.45, 7) is 4.15. The van der Waals surface area contributed by atoms with E-state index in [0.29, 0.717) is 6.54 Å².